The molecule has 0 bridgehead atoms. The number of hydrogen-bond donors (Lipinski definition) is 0. The number of hydrogen-bond acceptors (Lipinski definition) is 3. The maximum absolute atomic E-state index is 11.6. The smallest absolute Gasteiger partial charge is 0.328 e. The largest absolute Gasteiger partial charge is 0.363 e. The molecular formula is C12H11NO3. The first-order valence-electron chi connectivity index (χ1n) is 4.96. The summed E-state index contributed by atoms with van der Waals surface area (Å²) in [4.78, 5) is 27.9. The van der Waals surface area contributed by atoms with Gasteiger partial charge < -0.3 is 4.84 Å². The summed E-state index contributed by atoms with van der Waals surface area (Å²) in [5.74, 6) is -0.772. The highest BCUT2D eigenvalue weighted by Crippen LogP contribution is 2.21. The Hall–Kier alpha value is -2.10. The van der Waals surface area contributed by atoms with E-state index in [0.717, 1.165) is 5.06 Å². The quantitative estimate of drug-likeness (QED) is 0.760. The second-order valence-electron chi connectivity index (χ2n) is 3.50. The van der Waals surface area contributed by atoms with E-state index in [1.807, 2.05) is 0 Å². The van der Waals surface area contributed by atoms with Crippen LogP contribution in [0.3, 0.4) is 0 Å². The van der Waals surface area contributed by atoms with E-state index in [4.69, 9.17) is 4.84 Å². The van der Waals surface area contributed by atoms with E-state index < -0.39 is 5.97 Å². The van der Waals surface area contributed by atoms with Crippen molar-refractivity contribution in [3.63, 3.8) is 0 Å². The lowest BCUT2D eigenvalue weighted by molar-refractivity contribution is -0.153. The minimum Gasteiger partial charge on any atom is -0.328 e. The van der Waals surface area contributed by atoms with E-state index in [0.29, 0.717) is 24.1 Å². The number of allylic oxidation sites excluding steroid dienone is 1. The van der Waals surface area contributed by atoms with Crippen LogP contribution in [-0.2, 0) is 9.63 Å². The van der Waals surface area contributed by atoms with Crippen LogP contribution in [-0.4, -0.2) is 16.9 Å². The second kappa shape index (κ2) is 4.18. The van der Waals surface area contributed by atoms with Gasteiger partial charge in [-0.1, -0.05) is 24.8 Å². The molecule has 0 atom stereocenters. The van der Waals surface area contributed by atoms with Crippen LogP contribution in [0.1, 0.15) is 23.2 Å². The number of rotatable bonds is 2. The summed E-state index contributed by atoms with van der Waals surface area (Å²) in [6.07, 6.45) is 0.891. The van der Waals surface area contributed by atoms with Crippen LogP contribution in [0.25, 0.3) is 0 Å². The maximum Gasteiger partial charge on any atom is 0.363 e. The molecule has 0 saturated carbocycles. The number of hydroxylamine groups is 2. The molecule has 0 spiro atoms. The summed E-state index contributed by atoms with van der Waals surface area (Å²) in [5.41, 5.74) is 0.935. The number of nitrogens with zero attached hydrogens (tertiary/aromatic N) is 1. The van der Waals surface area contributed by atoms with E-state index >= 15 is 0 Å². The Morgan fingerprint density at radius 1 is 1.25 bits per heavy atom. The van der Waals surface area contributed by atoms with Crippen molar-refractivity contribution in [2.75, 3.05) is 0 Å². The van der Waals surface area contributed by atoms with Gasteiger partial charge in [-0.25, -0.2) is 4.79 Å². The molecule has 0 radical (unpaired) electrons. The molecule has 4 nitrogen and oxygen atoms in total. The third-order valence-corrected chi connectivity index (χ3v) is 2.32. The van der Waals surface area contributed by atoms with Gasteiger partial charge in [-0.15, -0.1) is 5.06 Å². The monoisotopic (exact) mass is 217 g/mol. The lowest BCUT2D eigenvalue weighted by Crippen LogP contribution is -2.26. The van der Waals surface area contributed by atoms with Crippen LogP contribution in [0.4, 0.5) is 0 Å². The summed E-state index contributed by atoms with van der Waals surface area (Å²) in [6.45, 7) is 3.66. The van der Waals surface area contributed by atoms with Gasteiger partial charge in [0.05, 0.1) is 11.3 Å². The van der Waals surface area contributed by atoms with Crippen LogP contribution in [0, 0.1) is 0 Å². The second-order valence-corrected chi connectivity index (χ2v) is 3.50. The van der Waals surface area contributed by atoms with Crippen molar-refractivity contribution in [3.8, 4) is 0 Å². The predicted octanol–water partition coefficient (Wildman–Crippen LogP) is 1.89. The molecule has 2 rings (SSSR count). The SMILES string of the molecule is C=C1CCC(=O)N1OC(=O)c1ccccc1. The van der Waals surface area contributed by atoms with Gasteiger partial charge in [-0.2, -0.15) is 0 Å². The van der Waals surface area contributed by atoms with Crippen molar-refractivity contribution in [2.45, 2.75) is 12.8 Å². The van der Waals surface area contributed by atoms with Gasteiger partial charge in [0.1, 0.15) is 0 Å². The van der Waals surface area contributed by atoms with Gasteiger partial charge in [0, 0.05) is 6.42 Å². The van der Waals surface area contributed by atoms with Crippen LogP contribution in [0.5, 0.6) is 0 Å². The van der Waals surface area contributed by atoms with Gasteiger partial charge in [0.2, 0.25) is 0 Å². The number of carbonyl (C=O) groups excluding carboxylic acids is 2. The molecule has 1 aliphatic rings. The van der Waals surface area contributed by atoms with E-state index in [2.05, 4.69) is 6.58 Å². The van der Waals surface area contributed by atoms with Crippen LogP contribution in [0.15, 0.2) is 42.6 Å². The molecule has 4 heteroatoms. The molecule has 0 aliphatic carbocycles. The van der Waals surface area contributed by atoms with E-state index in [1.54, 1.807) is 30.3 Å². The zero-order valence-corrected chi connectivity index (χ0v) is 8.68. The van der Waals surface area contributed by atoms with Gasteiger partial charge in [-0.3, -0.25) is 4.79 Å². The van der Waals surface area contributed by atoms with E-state index in [-0.39, 0.29) is 5.91 Å². The third-order valence-electron chi connectivity index (χ3n) is 2.32. The average Bonchev–Trinajstić information content (AvgIpc) is 2.62. The maximum atomic E-state index is 11.6. The fourth-order valence-electron chi connectivity index (χ4n) is 1.46. The first-order chi connectivity index (χ1) is 7.68. The molecule has 0 unspecified atom stereocenters. The highest BCUT2D eigenvalue weighted by atomic mass is 16.7. The van der Waals surface area contributed by atoms with Crippen LogP contribution < -0.4 is 0 Å². The van der Waals surface area contributed by atoms with Crippen molar-refractivity contribution in [1.29, 1.82) is 0 Å². The molecule has 82 valence electrons. The lowest BCUT2D eigenvalue weighted by Gasteiger charge is -2.15. The third kappa shape index (κ3) is 1.95. The normalized spacial score (nSPS) is 15.4. The summed E-state index contributed by atoms with van der Waals surface area (Å²) < 4.78 is 0. The standard InChI is InChI=1S/C12H11NO3/c1-9-7-8-11(14)13(9)16-12(15)10-5-3-2-4-6-10/h2-6H,1,7-8H2. The molecule has 0 aromatic heterocycles. The summed E-state index contributed by atoms with van der Waals surface area (Å²) in [6, 6.07) is 8.53. The summed E-state index contributed by atoms with van der Waals surface area (Å²) >= 11 is 0. The Balaban J connectivity index is 2.08. The molecule has 1 fully saturated rings. The first kappa shape index (κ1) is 10.4. The fraction of sp³-hybridized carbons (Fsp3) is 0.167. The predicted molar refractivity (Wildman–Crippen MR) is 57.1 cm³/mol. The molecule has 16 heavy (non-hydrogen) atoms. The fourth-order valence-corrected chi connectivity index (χ4v) is 1.46. The van der Waals surface area contributed by atoms with Crippen molar-refractivity contribution < 1.29 is 14.4 Å². The molecule has 1 aliphatic heterocycles. The zero-order valence-electron chi connectivity index (χ0n) is 8.68. The minimum atomic E-state index is -0.544. The minimum absolute atomic E-state index is 0.228. The molecule has 1 aromatic carbocycles. The van der Waals surface area contributed by atoms with Crippen molar-refractivity contribution in [1.82, 2.24) is 5.06 Å². The number of carbonyl (C=O) groups is 2. The Labute approximate surface area is 93.1 Å². The molecular weight excluding hydrogens is 206 g/mol. The molecule has 0 N–H and O–H groups in total. The Bertz CT molecular complexity index is 423. The molecule has 1 heterocycles. The Morgan fingerprint density at radius 2 is 1.94 bits per heavy atom. The van der Waals surface area contributed by atoms with Gasteiger partial charge >= 0.3 is 5.97 Å². The molecule has 1 saturated heterocycles. The molecule has 1 aromatic rings. The average molecular weight is 217 g/mol. The van der Waals surface area contributed by atoms with Crippen molar-refractivity contribution in [2.24, 2.45) is 0 Å². The lowest BCUT2D eigenvalue weighted by atomic mass is 10.2. The van der Waals surface area contributed by atoms with E-state index in [9.17, 15) is 9.59 Å². The first-order valence-corrected chi connectivity index (χ1v) is 4.96. The zero-order chi connectivity index (χ0) is 11.5. The highest BCUT2D eigenvalue weighted by molar-refractivity contribution is 5.91. The van der Waals surface area contributed by atoms with Gasteiger partial charge in [0.25, 0.3) is 5.91 Å². The Kier molecular flexibility index (Phi) is 2.72. The summed E-state index contributed by atoms with van der Waals surface area (Å²) in [5, 5.41) is 0.981. The van der Waals surface area contributed by atoms with Crippen molar-refractivity contribution in [3.05, 3.63) is 48.2 Å². The number of amides is 1. The van der Waals surface area contributed by atoms with Crippen molar-refractivity contribution >= 4 is 11.9 Å². The molecule has 1 amide bonds. The van der Waals surface area contributed by atoms with Crippen LogP contribution >= 0.6 is 0 Å². The topological polar surface area (TPSA) is 46.6 Å². The van der Waals surface area contributed by atoms with E-state index in [1.165, 1.54) is 0 Å². The number of benzene rings is 1. The Morgan fingerprint density at radius 3 is 2.50 bits per heavy atom. The highest BCUT2D eigenvalue weighted by Gasteiger charge is 2.28. The summed E-state index contributed by atoms with van der Waals surface area (Å²) in [7, 11) is 0. The van der Waals surface area contributed by atoms with Crippen LogP contribution in [0.2, 0.25) is 0 Å². The van der Waals surface area contributed by atoms with Gasteiger partial charge in [-0.05, 0) is 18.6 Å². The van der Waals surface area contributed by atoms with Gasteiger partial charge in [0.15, 0.2) is 0 Å².